The van der Waals surface area contributed by atoms with Gasteiger partial charge < -0.3 is 10.1 Å². The predicted molar refractivity (Wildman–Crippen MR) is 76.3 cm³/mol. The van der Waals surface area contributed by atoms with Gasteiger partial charge in [0.15, 0.2) is 6.10 Å². The lowest BCUT2D eigenvalue weighted by Gasteiger charge is -2.16. The molecule has 0 heterocycles. The summed E-state index contributed by atoms with van der Waals surface area (Å²) in [6.45, 7) is 3.43. The number of benzene rings is 2. The summed E-state index contributed by atoms with van der Waals surface area (Å²) in [4.78, 5) is 12.0. The molecule has 2 rings (SSSR count). The van der Waals surface area contributed by atoms with Crippen LogP contribution >= 0.6 is 0 Å². The van der Waals surface area contributed by atoms with Crippen LogP contribution in [-0.2, 0) is 4.79 Å². The Labute approximate surface area is 117 Å². The molecule has 0 saturated heterocycles. The molecule has 2 aromatic rings. The van der Waals surface area contributed by atoms with E-state index >= 15 is 0 Å². The number of ether oxygens (including phenoxy) is 1. The molecular formula is C16H16FNO2. The van der Waals surface area contributed by atoms with Crippen molar-refractivity contribution in [1.82, 2.24) is 0 Å². The number of carbonyl (C=O) groups excluding carboxylic acids is 1. The average Bonchev–Trinajstić information content (AvgIpc) is 2.44. The van der Waals surface area contributed by atoms with Crippen molar-refractivity contribution in [2.45, 2.75) is 20.0 Å². The summed E-state index contributed by atoms with van der Waals surface area (Å²) >= 11 is 0. The van der Waals surface area contributed by atoms with Crippen LogP contribution in [0.2, 0.25) is 0 Å². The Morgan fingerprint density at radius 1 is 1.20 bits per heavy atom. The van der Waals surface area contributed by atoms with Crippen LogP contribution in [0.3, 0.4) is 0 Å². The van der Waals surface area contributed by atoms with Gasteiger partial charge in [0.1, 0.15) is 11.6 Å². The molecule has 0 aromatic heterocycles. The number of rotatable bonds is 4. The molecule has 3 nitrogen and oxygen atoms in total. The molecule has 1 N–H and O–H groups in total. The molecule has 1 unspecified atom stereocenters. The molecule has 0 saturated carbocycles. The second-order valence-corrected chi connectivity index (χ2v) is 4.53. The van der Waals surface area contributed by atoms with Crippen molar-refractivity contribution < 1.29 is 13.9 Å². The van der Waals surface area contributed by atoms with Crippen molar-refractivity contribution in [3.05, 3.63) is 59.9 Å². The minimum Gasteiger partial charge on any atom is -0.481 e. The summed E-state index contributed by atoms with van der Waals surface area (Å²) in [5, 5.41) is 2.74. The fourth-order valence-electron chi connectivity index (χ4n) is 1.71. The third kappa shape index (κ3) is 3.57. The van der Waals surface area contributed by atoms with Gasteiger partial charge in [0.25, 0.3) is 5.91 Å². The highest BCUT2D eigenvalue weighted by atomic mass is 19.1. The molecule has 0 spiro atoms. The fourth-order valence-corrected chi connectivity index (χ4v) is 1.71. The van der Waals surface area contributed by atoms with Crippen molar-refractivity contribution in [1.29, 1.82) is 0 Å². The zero-order valence-corrected chi connectivity index (χ0v) is 11.4. The van der Waals surface area contributed by atoms with Crippen LogP contribution < -0.4 is 10.1 Å². The van der Waals surface area contributed by atoms with E-state index in [9.17, 15) is 9.18 Å². The van der Waals surface area contributed by atoms with E-state index in [2.05, 4.69) is 5.32 Å². The highest BCUT2D eigenvalue weighted by Gasteiger charge is 2.16. The lowest BCUT2D eigenvalue weighted by molar-refractivity contribution is -0.122. The lowest BCUT2D eigenvalue weighted by atomic mass is 10.2. The molecule has 0 aliphatic rings. The van der Waals surface area contributed by atoms with E-state index in [0.29, 0.717) is 11.4 Å². The topological polar surface area (TPSA) is 38.3 Å². The SMILES string of the molecule is Cc1ccc(F)cc1OC(C)C(=O)Nc1ccccc1. The third-order valence-corrected chi connectivity index (χ3v) is 2.86. The molecule has 0 aliphatic carbocycles. The number of nitrogens with one attached hydrogen (secondary N) is 1. The van der Waals surface area contributed by atoms with E-state index < -0.39 is 6.10 Å². The van der Waals surface area contributed by atoms with E-state index in [1.54, 1.807) is 32.0 Å². The smallest absolute Gasteiger partial charge is 0.265 e. The van der Waals surface area contributed by atoms with Gasteiger partial charge in [-0.1, -0.05) is 24.3 Å². The Morgan fingerprint density at radius 2 is 1.90 bits per heavy atom. The maximum absolute atomic E-state index is 13.2. The zero-order chi connectivity index (χ0) is 14.5. The first kappa shape index (κ1) is 14.1. The number of para-hydroxylation sites is 1. The van der Waals surface area contributed by atoms with Gasteiger partial charge in [0.2, 0.25) is 0 Å². The summed E-state index contributed by atoms with van der Waals surface area (Å²) in [5.41, 5.74) is 1.48. The van der Waals surface area contributed by atoms with Crippen molar-refractivity contribution in [2.75, 3.05) is 5.32 Å². The predicted octanol–water partition coefficient (Wildman–Crippen LogP) is 3.54. The third-order valence-electron chi connectivity index (χ3n) is 2.86. The maximum atomic E-state index is 13.2. The van der Waals surface area contributed by atoms with Crippen LogP contribution in [0.1, 0.15) is 12.5 Å². The van der Waals surface area contributed by atoms with Crippen LogP contribution in [0.5, 0.6) is 5.75 Å². The van der Waals surface area contributed by atoms with Crippen molar-refractivity contribution in [3.63, 3.8) is 0 Å². The zero-order valence-electron chi connectivity index (χ0n) is 11.4. The molecule has 0 radical (unpaired) electrons. The van der Waals surface area contributed by atoms with Gasteiger partial charge in [-0.2, -0.15) is 0 Å². The van der Waals surface area contributed by atoms with Gasteiger partial charge in [0.05, 0.1) is 0 Å². The summed E-state index contributed by atoms with van der Waals surface area (Å²) < 4.78 is 18.7. The Bertz CT molecular complexity index is 599. The van der Waals surface area contributed by atoms with Crippen LogP contribution in [-0.4, -0.2) is 12.0 Å². The van der Waals surface area contributed by atoms with Crippen LogP contribution in [0.25, 0.3) is 0 Å². The minimum atomic E-state index is -0.712. The Hall–Kier alpha value is -2.36. The standard InChI is InChI=1S/C16H16FNO2/c1-11-8-9-13(17)10-15(11)20-12(2)16(19)18-14-6-4-3-5-7-14/h3-10,12H,1-2H3,(H,18,19). The summed E-state index contributed by atoms with van der Waals surface area (Å²) in [7, 11) is 0. The number of hydrogen-bond donors (Lipinski definition) is 1. The molecule has 0 aliphatic heterocycles. The monoisotopic (exact) mass is 273 g/mol. The molecular weight excluding hydrogens is 257 g/mol. The van der Waals surface area contributed by atoms with E-state index in [0.717, 1.165) is 5.56 Å². The van der Waals surface area contributed by atoms with E-state index in [4.69, 9.17) is 4.74 Å². The highest BCUT2D eigenvalue weighted by Crippen LogP contribution is 2.20. The van der Waals surface area contributed by atoms with Gasteiger partial charge in [-0.05, 0) is 37.6 Å². The number of carbonyl (C=O) groups is 1. The van der Waals surface area contributed by atoms with Crippen molar-refractivity contribution in [2.24, 2.45) is 0 Å². The summed E-state index contributed by atoms with van der Waals surface area (Å²) in [6.07, 6.45) is -0.712. The van der Waals surface area contributed by atoms with Gasteiger partial charge in [-0.25, -0.2) is 4.39 Å². The largest absolute Gasteiger partial charge is 0.481 e. The van der Waals surface area contributed by atoms with Crippen LogP contribution in [0.15, 0.2) is 48.5 Å². The van der Waals surface area contributed by atoms with Gasteiger partial charge in [-0.3, -0.25) is 4.79 Å². The molecule has 4 heteroatoms. The first-order chi connectivity index (χ1) is 9.56. The number of anilines is 1. The molecule has 104 valence electrons. The number of aryl methyl sites for hydroxylation is 1. The number of halogens is 1. The van der Waals surface area contributed by atoms with E-state index in [1.165, 1.54) is 12.1 Å². The van der Waals surface area contributed by atoms with Crippen molar-refractivity contribution >= 4 is 11.6 Å². The van der Waals surface area contributed by atoms with Gasteiger partial charge in [-0.15, -0.1) is 0 Å². The second-order valence-electron chi connectivity index (χ2n) is 4.53. The summed E-state index contributed by atoms with van der Waals surface area (Å²) in [5.74, 6) is -0.290. The van der Waals surface area contributed by atoms with Gasteiger partial charge >= 0.3 is 0 Å². The molecule has 2 aromatic carbocycles. The highest BCUT2D eigenvalue weighted by molar-refractivity contribution is 5.94. The van der Waals surface area contributed by atoms with Crippen molar-refractivity contribution in [3.8, 4) is 5.75 Å². The first-order valence-corrected chi connectivity index (χ1v) is 6.35. The molecule has 1 atom stereocenters. The quantitative estimate of drug-likeness (QED) is 0.925. The molecule has 20 heavy (non-hydrogen) atoms. The van der Waals surface area contributed by atoms with E-state index in [1.807, 2.05) is 18.2 Å². The first-order valence-electron chi connectivity index (χ1n) is 6.35. The fraction of sp³-hybridized carbons (Fsp3) is 0.188. The van der Waals surface area contributed by atoms with E-state index in [-0.39, 0.29) is 11.7 Å². The Kier molecular flexibility index (Phi) is 4.35. The molecule has 1 amide bonds. The normalized spacial score (nSPS) is 11.8. The maximum Gasteiger partial charge on any atom is 0.265 e. The van der Waals surface area contributed by atoms with Crippen LogP contribution in [0.4, 0.5) is 10.1 Å². The summed E-state index contributed by atoms with van der Waals surface area (Å²) in [6, 6.07) is 13.4. The number of hydrogen-bond acceptors (Lipinski definition) is 2. The van der Waals surface area contributed by atoms with Crippen LogP contribution in [0, 0.1) is 12.7 Å². The average molecular weight is 273 g/mol. The second kappa shape index (κ2) is 6.19. The lowest BCUT2D eigenvalue weighted by Crippen LogP contribution is -2.30. The molecule has 0 fully saturated rings. The molecule has 0 bridgehead atoms. The Balaban J connectivity index is 2.02. The van der Waals surface area contributed by atoms with Gasteiger partial charge in [0, 0.05) is 11.8 Å². The Morgan fingerprint density at radius 3 is 2.60 bits per heavy atom. The minimum absolute atomic E-state index is 0.278. The number of amides is 1.